The van der Waals surface area contributed by atoms with Crippen molar-refractivity contribution >= 4 is 50.8 Å². The van der Waals surface area contributed by atoms with Gasteiger partial charge in [-0.05, 0) is 57.9 Å². The Hall–Kier alpha value is -1.23. The Labute approximate surface area is 141 Å². The maximum absolute atomic E-state index is 6.06. The molecular weight excluding hydrogens is 373 g/mol. The molecule has 1 atom stereocenters. The van der Waals surface area contributed by atoms with Crippen LogP contribution in [-0.4, -0.2) is 12.5 Å². The lowest BCUT2D eigenvalue weighted by molar-refractivity contribution is 0.768. The zero-order chi connectivity index (χ0) is 15.0. The Bertz CT molecular complexity index is 701. The standard InChI is InChI=1S/C15H12BrCl2N3/c16-12-7-9(1-6-13(12)18)14-8-20-15(19)21(14)11-4-2-10(17)3-5-11/h1-7,14H,8H2,(H2,19,20). The van der Waals surface area contributed by atoms with Crippen LogP contribution in [0.15, 0.2) is 51.9 Å². The van der Waals surface area contributed by atoms with Crippen LogP contribution in [0.1, 0.15) is 11.6 Å². The van der Waals surface area contributed by atoms with Gasteiger partial charge in [-0.2, -0.15) is 0 Å². The number of benzene rings is 2. The second kappa shape index (κ2) is 5.87. The molecule has 0 aliphatic carbocycles. The van der Waals surface area contributed by atoms with Crippen LogP contribution in [0.3, 0.4) is 0 Å². The van der Waals surface area contributed by atoms with Gasteiger partial charge in [-0.3, -0.25) is 4.99 Å². The Kier molecular flexibility index (Phi) is 4.11. The molecule has 0 bridgehead atoms. The first-order valence-corrected chi connectivity index (χ1v) is 7.91. The zero-order valence-corrected chi connectivity index (χ0v) is 14.0. The van der Waals surface area contributed by atoms with Gasteiger partial charge in [0, 0.05) is 15.2 Å². The maximum atomic E-state index is 6.06. The van der Waals surface area contributed by atoms with E-state index in [1.54, 1.807) is 0 Å². The zero-order valence-electron chi connectivity index (χ0n) is 10.9. The summed E-state index contributed by atoms with van der Waals surface area (Å²) in [6.07, 6.45) is 0. The molecule has 2 aromatic carbocycles. The van der Waals surface area contributed by atoms with Crippen molar-refractivity contribution in [2.75, 3.05) is 11.4 Å². The number of rotatable bonds is 2. The highest BCUT2D eigenvalue weighted by Crippen LogP contribution is 2.34. The molecule has 0 saturated heterocycles. The van der Waals surface area contributed by atoms with Crippen LogP contribution in [0.4, 0.5) is 5.69 Å². The predicted molar refractivity (Wildman–Crippen MR) is 92.3 cm³/mol. The fourth-order valence-electron chi connectivity index (χ4n) is 2.39. The van der Waals surface area contributed by atoms with E-state index in [4.69, 9.17) is 28.9 Å². The summed E-state index contributed by atoms with van der Waals surface area (Å²) in [5.74, 6) is 0.508. The third-order valence-corrected chi connectivity index (χ3v) is 4.88. The highest BCUT2D eigenvalue weighted by Gasteiger charge is 2.29. The van der Waals surface area contributed by atoms with Crippen LogP contribution in [0.25, 0.3) is 0 Å². The largest absolute Gasteiger partial charge is 0.369 e. The average Bonchev–Trinajstić information content (AvgIpc) is 2.85. The number of guanidine groups is 1. The lowest BCUT2D eigenvalue weighted by atomic mass is 10.1. The molecule has 1 aliphatic rings. The van der Waals surface area contributed by atoms with Gasteiger partial charge in [-0.25, -0.2) is 0 Å². The summed E-state index contributed by atoms with van der Waals surface area (Å²) in [4.78, 5) is 6.37. The van der Waals surface area contributed by atoms with Crippen molar-refractivity contribution in [2.24, 2.45) is 10.7 Å². The average molecular weight is 385 g/mol. The molecule has 2 N–H and O–H groups in total. The van der Waals surface area contributed by atoms with Crippen LogP contribution < -0.4 is 10.6 Å². The normalized spacial score (nSPS) is 18.0. The van der Waals surface area contributed by atoms with Crippen molar-refractivity contribution in [3.05, 3.63) is 62.5 Å². The highest BCUT2D eigenvalue weighted by molar-refractivity contribution is 9.10. The van der Waals surface area contributed by atoms with Crippen molar-refractivity contribution in [1.29, 1.82) is 0 Å². The van der Waals surface area contributed by atoms with E-state index in [1.807, 2.05) is 47.4 Å². The third kappa shape index (κ3) is 2.89. The molecule has 1 heterocycles. The van der Waals surface area contributed by atoms with E-state index in [0.717, 1.165) is 15.7 Å². The van der Waals surface area contributed by atoms with Gasteiger partial charge < -0.3 is 10.6 Å². The minimum absolute atomic E-state index is 0.0553. The molecule has 108 valence electrons. The molecule has 0 aromatic heterocycles. The second-order valence-electron chi connectivity index (χ2n) is 4.73. The van der Waals surface area contributed by atoms with Gasteiger partial charge in [0.05, 0.1) is 17.6 Å². The molecule has 1 aliphatic heterocycles. The van der Waals surface area contributed by atoms with Crippen molar-refractivity contribution < 1.29 is 0 Å². The summed E-state index contributed by atoms with van der Waals surface area (Å²) in [5, 5.41) is 1.38. The number of nitrogens with two attached hydrogens (primary N) is 1. The van der Waals surface area contributed by atoms with E-state index in [1.165, 1.54) is 0 Å². The van der Waals surface area contributed by atoms with Crippen LogP contribution >= 0.6 is 39.1 Å². The number of halogens is 3. The minimum atomic E-state index is 0.0553. The Morgan fingerprint density at radius 1 is 1.14 bits per heavy atom. The highest BCUT2D eigenvalue weighted by atomic mass is 79.9. The van der Waals surface area contributed by atoms with Crippen molar-refractivity contribution in [3.8, 4) is 0 Å². The molecule has 3 rings (SSSR count). The molecule has 21 heavy (non-hydrogen) atoms. The number of anilines is 1. The SMILES string of the molecule is NC1=NCC(c2ccc(Cl)c(Br)c2)N1c1ccc(Cl)cc1. The van der Waals surface area contributed by atoms with E-state index in [9.17, 15) is 0 Å². The maximum Gasteiger partial charge on any atom is 0.196 e. The fraction of sp³-hybridized carbons (Fsp3) is 0.133. The molecule has 0 radical (unpaired) electrons. The topological polar surface area (TPSA) is 41.6 Å². The Morgan fingerprint density at radius 3 is 2.52 bits per heavy atom. The van der Waals surface area contributed by atoms with Crippen molar-refractivity contribution in [3.63, 3.8) is 0 Å². The first-order valence-electron chi connectivity index (χ1n) is 6.36. The summed E-state index contributed by atoms with van der Waals surface area (Å²) < 4.78 is 0.864. The van der Waals surface area contributed by atoms with Crippen molar-refractivity contribution in [2.45, 2.75) is 6.04 Å². The van der Waals surface area contributed by atoms with Crippen LogP contribution in [0.2, 0.25) is 10.0 Å². The van der Waals surface area contributed by atoms with E-state index in [2.05, 4.69) is 20.9 Å². The first-order chi connectivity index (χ1) is 10.1. The van der Waals surface area contributed by atoms with E-state index in [-0.39, 0.29) is 6.04 Å². The molecule has 0 fully saturated rings. The van der Waals surface area contributed by atoms with Gasteiger partial charge >= 0.3 is 0 Å². The summed E-state index contributed by atoms with van der Waals surface area (Å²) in [5.41, 5.74) is 8.12. The summed E-state index contributed by atoms with van der Waals surface area (Å²) in [6, 6.07) is 13.5. The van der Waals surface area contributed by atoms with E-state index in [0.29, 0.717) is 22.5 Å². The van der Waals surface area contributed by atoms with Crippen LogP contribution in [0, 0.1) is 0 Å². The van der Waals surface area contributed by atoms with Gasteiger partial charge in [-0.15, -0.1) is 0 Å². The lowest BCUT2D eigenvalue weighted by Crippen LogP contribution is -2.36. The number of hydrogen-bond donors (Lipinski definition) is 1. The van der Waals surface area contributed by atoms with Gasteiger partial charge in [-0.1, -0.05) is 29.3 Å². The van der Waals surface area contributed by atoms with Crippen LogP contribution in [-0.2, 0) is 0 Å². The molecular formula is C15H12BrCl2N3. The Morgan fingerprint density at radius 2 is 1.86 bits per heavy atom. The second-order valence-corrected chi connectivity index (χ2v) is 6.43. The van der Waals surface area contributed by atoms with Gasteiger partial charge in [0.1, 0.15) is 0 Å². The van der Waals surface area contributed by atoms with Crippen molar-refractivity contribution in [1.82, 2.24) is 0 Å². The third-order valence-electron chi connectivity index (χ3n) is 3.42. The number of nitrogens with zero attached hydrogens (tertiary/aromatic N) is 2. The van der Waals surface area contributed by atoms with E-state index < -0.39 is 0 Å². The molecule has 0 spiro atoms. The minimum Gasteiger partial charge on any atom is -0.369 e. The number of aliphatic imine (C=N–C) groups is 1. The van der Waals surface area contributed by atoms with Gasteiger partial charge in [0.15, 0.2) is 5.96 Å². The monoisotopic (exact) mass is 383 g/mol. The molecule has 0 saturated carbocycles. The lowest BCUT2D eigenvalue weighted by Gasteiger charge is -2.27. The summed E-state index contributed by atoms with van der Waals surface area (Å²) >= 11 is 15.5. The molecule has 2 aromatic rings. The van der Waals surface area contributed by atoms with Gasteiger partial charge in [0.2, 0.25) is 0 Å². The quantitative estimate of drug-likeness (QED) is 0.819. The fourth-order valence-corrected chi connectivity index (χ4v) is 3.03. The Balaban J connectivity index is 1.98. The van der Waals surface area contributed by atoms with E-state index >= 15 is 0 Å². The summed E-state index contributed by atoms with van der Waals surface area (Å²) in [6.45, 7) is 0.614. The first kappa shape index (κ1) is 14.7. The molecule has 3 nitrogen and oxygen atoms in total. The summed E-state index contributed by atoms with van der Waals surface area (Å²) in [7, 11) is 0. The smallest absolute Gasteiger partial charge is 0.196 e. The predicted octanol–water partition coefficient (Wildman–Crippen LogP) is 4.63. The number of hydrogen-bond acceptors (Lipinski definition) is 3. The van der Waals surface area contributed by atoms with Gasteiger partial charge in [0.25, 0.3) is 0 Å². The molecule has 1 unspecified atom stereocenters. The van der Waals surface area contributed by atoms with Crippen LogP contribution in [0.5, 0.6) is 0 Å². The molecule has 0 amide bonds. The molecule has 6 heteroatoms.